The van der Waals surface area contributed by atoms with Gasteiger partial charge in [0.1, 0.15) is 18.4 Å². The van der Waals surface area contributed by atoms with Crippen molar-refractivity contribution in [2.45, 2.75) is 27.2 Å². The minimum absolute atomic E-state index is 0.660. The van der Waals surface area contributed by atoms with E-state index in [0.29, 0.717) is 17.2 Å². The quantitative estimate of drug-likeness (QED) is 0.399. The van der Waals surface area contributed by atoms with Crippen molar-refractivity contribution in [1.82, 2.24) is 4.90 Å². The lowest BCUT2D eigenvalue weighted by Crippen LogP contribution is -2.27. The summed E-state index contributed by atoms with van der Waals surface area (Å²) in [6, 6.07) is 17.8. The number of rotatable bonds is 9. The normalized spacial score (nSPS) is 11.9. The van der Waals surface area contributed by atoms with Gasteiger partial charge >= 0.3 is 0 Å². The molecule has 0 unspecified atom stereocenters. The van der Waals surface area contributed by atoms with Gasteiger partial charge in [0.05, 0.1) is 5.57 Å². The monoisotopic (exact) mass is 382 g/mol. The topological polar surface area (TPSA) is 36.3 Å². The molecule has 0 aromatic heterocycles. The van der Waals surface area contributed by atoms with Gasteiger partial charge in [-0.05, 0) is 72.6 Å². The lowest BCUT2D eigenvalue weighted by molar-refractivity contribution is 0.223. The lowest BCUT2D eigenvalue weighted by Gasteiger charge is -2.18. The van der Waals surface area contributed by atoms with Gasteiger partial charge < -0.3 is 9.64 Å². The van der Waals surface area contributed by atoms with Crippen LogP contribution in [0.1, 0.15) is 38.3 Å². The van der Waals surface area contributed by atoms with Crippen molar-refractivity contribution in [3.8, 4) is 11.8 Å². The van der Waals surface area contributed by atoms with E-state index in [0.717, 1.165) is 48.5 Å². The molecule has 0 aliphatic rings. The molecule has 0 N–H and O–H groups in total. The summed E-state index contributed by atoms with van der Waals surface area (Å²) < 4.78 is 5.84. The van der Waals surface area contributed by atoms with Crippen LogP contribution >= 0.6 is 11.6 Å². The van der Waals surface area contributed by atoms with Crippen LogP contribution in [0.4, 0.5) is 0 Å². The fourth-order valence-corrected chi connectivity index (χ4v) is 3.16. The zero-order chi connectivity index (χ0) is 19.6. The van der Waals surface area contributed by atoms with Crippen LogP contribution < -0.4 is 4.74 Å². The first-order chi connectivity index (χ1) is 13.1. The Bertz CT molecular complexity index is 785. The van der Waals surface area contributed by atoms with Crippen LogP contribution in [0.3, 0.4) is 0 Å². The van der Waals surface area contributed by atoms with Crippen LogP contribution in [-0.4, -0.2) is 31.1 Å². The highest BCUT2D eigenvalue weighted by Crippen LogP contribution is 2.30. The molecule has 0 heterocycles. The van der Waals surface area contributed by atoms with E-state index in [9.17, 15) is 5.26 Å². The maximum atomic E-state index is 9.75. The Balaban J connectivity index is 2.17. The highest BCUT2D eigenvalue weighted by Gasteiger charge is 2.10. The summed E-state index contributed by atoms with van der Waals surface area (Å²) in [6.07, 6.45) is 0.770. The summed E-state index contributed by atoms with van der Waals surface area (Å²) in [6.45, 7) is 9.99. The number of hydrogen-bond acceptors (Lipinski definition) is 3. The van der Waals surface area contributed by atoms with Crippen molar-refractivity contribution >= 4 is 22.7 Å². The largest absolute Gasteiger partial charge is 0.492 e. The van der Waals surface area contributed by atoms with E-state index in [2.05, 4.69) is 31.7 Å². The molecule has 0 saturated heterocycles. The van der Waals surface area contributed by atoms with E-state index in [1.165, 1.54) is 0 Å². The maximum absolute atomic E-state index is 9.75. The molecule has 0 amide bonds. The summed E-state index contributed by atoms with van der Waals surface area (Å²) >= 11 is 5.99. The van der Waals surface area contributed by atoms with Crippen LogP contribution in [0.25, 0.3) is 11.1 Å². The number of allylic oxidation sites excluding steroid dienone is 2. The van der Waals surface area contributed by atoms with Crippen molar-refractivity contribution in [1.29, 1.82) is 5.26 Å². The third-order valence-corrected chi connectivity index (χ3v) is 4.93. The molecule has 0 aliphatic heterocycles. The number of ether oxygens (including phenoxy) is 1. The molecular formula is C23H27ClN2O. The van der Waals surface area contributed by atoms with E-state index in [1.54, 1.807) is 0 Å². The molecule has 2 aromatic rings. The Morgan fingerprint density at radius 3 is 2.07 bits per heavy atom. The zero-order valence-electron chi connectivity index (χ0n) is 16.3. The van der Waals surface area contributed by atoms with E-state index in [1.807, 2.05) is 48.5 Å². The zero-order valence-corrected chi connectivity index (χ0v) is 17.1. The van der Waals surface area contributed by atoms with Gasteiger partial charge in [0.15, 0.2) is 0 Å². The number of benzene rings is 2. The number of hydrogen-bond donors (Lipinski definition) is 0. The standard InChI is InChI=1S/C23H27ClN2O/c1-4-22(18-7-11-20(24)12-8-18)23(17-25)19-9-13-21(14-10-19)27-16-15-26(5-2)6-3/h7-14H,4-6,15-16H2,1-3H3/b23-22+. The molecule has 0 radical (unpaired) electrons. The van der Waals surface area contributed by atoms with E-state index in [4.69, 9.17) is 16.3 Å². The SMILES string of the molecule is CC/C(=C(/C#N)c1ccc(OCCN(CC)CC)cc1)c1ccc(Cl)cc1. The molecule has 0 aliphatic carbocycles. The first kappa shape index (κ1) is 21.0. The molecule has 0 spiro atoms. The second kappa shape index (κ2) is 10.8. The predicted octanol–water partition coefficient (Wildman–Crippen LogP) is 5.90. The van der Waals surface area contributed by atoms with Gasteiger partial charge in [-0.3, -0.25) is 0 Å². The first-order valence-corrected chi connectivity index (χ1v) is 9.85. The molecule has 3 nitrogen and oxygen atoms in total. The van der Waals surface area contributed by atoms with Crippen LogP contribution in [-0.2, 0) is 0 Å². The van der Waals surface area contributed by atoms with Crippen molar-refractivity contribution in [2.24, 2.45) is 0 Å². The lowest BCUT2D eigenvalue weighted by atomic mass is 9.94. The van der Waals surface area contributed by atoms with Crippen molar-refractivity contribution < 1.29 is 4.74 Å². The van der Waals surface area contributed by atoms with Crippen LogP contribution in [0.5, 0.6) is 5.75 Å². The number of nitrogens with zero attached hydrogens (tertiary/aromatic N) is 2. The third-order valence-electron chi connectivity index (χ3n) is 4.67. The fourth-order valence-electron chi connectivity index (χ4n) is 3.03. The van der Waals surface area contributed by atoms with Crippen molar-refractivity contribution in [2.75, 3.05) is 26.2 Å². The summed E-state index contributed by atoms with van der Waals surface area (Å²) in [4.78, 5) is 2.32. The minimum atomic E-state index is 0.660. The molecule has 27 heavy (non-hydrogen) atoms. The average molecular weight is 383 g/mol. The molecule has 0 bridgehead atoms. The highest BCUT2D eigenvalue weighted by molar-refractivity contribution is 6.30. The number of nitriles is 1. The molecule has 0 fully saturated rings. The Hall–Kier alpha value is -2.28. The number of likely N-dealkylation sites (N-methyl/N-ethyl adjacent to an activating group) is 1. The molecule has 0 saturated carbocycles. The second-order valence-corrected chi connectivity index (χ2v) is 6.66. The first-order valence-electron chi connectivity index (χ1n) is 9.47. The van der Waals surface area contributed by atoms with Gasteiger partial charge in [-0.25, -0.2) is 0 Å². The van der Waals surface area contributed by atoms with E-state index >= 15 is 0 Å². The van der Waals surface area contributed by atoms with Gasteiger partial charge in [0.25, 0.3) is 0 Å². The van der Waals surface area contributed by atoms with Crippen molar-refractivity contribution in [3.63, 3.8) is 0 Å². The summed E-state index contributed by atoms with van der Waals surface area (Å²) in [5.74, 6) is 0.827. The van der Waals surface area contributed by atoms with Crippen LogP contribution in [0.15, 0.2) is 48.5 Å². The molecule has 142 valence electrons. The Labute approximate surface area is 167 Å². The summed E-state index contributed by atoms with van der Waals surface area (Å²) in [5, 5.41) is 10.4. The Morgan fingerprint density at radius 2 is 1.56 bits per heavy atom. The third kappa shape index (κ3) is 5.85. The Kier molecular flexibility index (Phi) is 8.39. The fraction of sp³-hybridized carbons (Fsp3) is 0.348. The predicted molar refractivity (Wildman–Crippen MR) is 114 cm³/mol. The van der Waals surface area contributed by atoms with Crippen molar-refractivity contribution in [3.05, 3.63) is 64.7 Å². The molecular weight excluding hydrogens is 356 g/mol. The van der Waals surface area contributed by atoms with Gasteiger partial charge in [-0.2, -0.15) is 5.26 Å². The van der Waals surface area contributed by atoms with Gasteiger partial charge in [-0.15, -0.1) is 0 Å². The van der Waals surface area contributed by atoms with Gasteiger partial charge in [0, 0.05) is 11.6 Å². The van der Waals surface area contributed by atoms with Gasteiger partial charge in [-0.1, -0.05) is 44.5 Å². The maximum Gasteiger partial charge on any atom is 0.119 e. The van der Waals surface area contributed by atoms with Crippen LogP contribution in [0, 0.1) is 11.3 Å². The second-order valence-electron chi connectivity index (χ2n) is 6.23. The smallest absolute Gasteiger partial charge is 0.119 e. The molecule has 2 aromatic carbocycles. The molecule has 4 heteroatoms. The molecule has 2 rings (SSSR count). The average Bonchev–Trinajstić information content (AvgIpc) is 2.71. The van der Waals surface area contributed by atoms with E-state index < -0.39 is 0 Å². The molecule has 0 atom stereocenters. The minimum Gasteiger partial charge on any atom is -0.492 e. The van der Waals surface area contributed by atoms with Gasteiger partial charge in [0.2, 0.25) is 0 Å². The summed E-state index contributed by atoms with van der Waals surface area (Å²) in [5.41, 5.74) is 3.64. The number of halogens is 1. The summed E-state index contributed by atoms with van der Waals surface area (Å²) in [7, 11) is 0. The van der Waals surface area contributed by atoms with E-state index in [-0.39, 0.29) is 0 Å². The highest BCUT2D eigenvalue weighted by atomic mass is 35.5. The van der Waals surface area contributed by atoms with Crippen LogP contribution in [0.2, 0.25) is 5.02 Å². The Morgan fingerprint density at radius 1 is 0.963 bits per heavy atom.